The van der Waals surface area contributed by atoms with Gasteiger partial charge in [0.2, 0.25) is 5.95 Å². The second kappa shape index (κ2) is 6.08. The zero-order chi connectivity index (χ0) is 16.4. The minimum Gasteiger partial charge on any atom is -0.465 e. The summed E-state index contributed by atoms with van der Waals surface area (Å²) in [6.45, 7) is 1.59. The molecule has 0 radical (unpaired) electrons. The van der Waals surface area contributed by atoms with Gasteiger partial charge in [0, 0.05) is 11.3 Å². The second-order valence-corrected chi connectivity index (χ2v) is 5.17. The van der Waals surface area contributed by atoms with Crippen molar-refractivity contribution in [3.8, 4) is 16.9 Å². The minimum atomic E-state index is -0.546. The molecule has 0 unspecified atom stereocenters. The smallest absolute Gasteiger partial charge is 0.340 e. The van der Waals surface area contributed by atoms with E-state index >= 15 is 0 Å². The molecule has 0 saturated carbocycles. The molecule has 116 valence electrons. The molecule has 1 heterocycles. The number of hydrogen-bond donors (Lipinski definition) is 0. The Labute approximate surface area is 134 Å². The number of para-hydroxylation sites is 1. The SMILES string of the molecule is COC(=O)c1c(C)c(F)n(-c2ccccc2)c1-c1ccccc1. The molecular formula is C19H16FNO2. The van der Waals surface area contributed by atoms with Crippen molar-refractivity contribution in [3.05, 3.63) is 77.7 Å². The lowest BCUT2D eigenvalue weighted by Gasteiger charge is -2.11. The fourth-order valence-electron chi connectivity index (χ4n) is 2.70. The lowest BCUT2D eigenvalue weighted by molar-refractivity contribution is 0.0600. The Morgan fingerprint density at radius 1 is 1.00 bits per heavy atom. The van der Waals surface area contributed by atoms with Crippen LogP contribution in [0.1, 0.15) is 15.9 Å². The zero-order valence-electron chi connectivity index (χ0n) is 12.9. The number of esters is 1. The van der Waals surface area contributed by atoms with Crippen LogP contribution in [0.15, 0.2) is 60.7 Å². The molecule has 3 aromatic rings. The zero-order valence-corrected chi connectivity index (χ0v) is 12.9. The van der Waals surface area contributed by atoms with Crippen molar-refractivity contribution < 1.29 is 13.9 Å². The predicted molar refractivity (Wildman–Crippen MR) is 87.2 cm³/mol. The number of methoxy groups -OCH3 is 1. The second-order valence-electron chi connectivity index (χ2n) is 5.17. The molecule has 0 saturated heterocycles. The molecule has 0 bridgehead atoms. The standard InChI is InChI=1S/C19H16FNO2/c1-13-16(19(22)23-2)17(14-9-5-3-6-10-14)21(18(13)20)15-11-7-4-8-12-15/h3-12H,1-2H3. The molecule has 0 aliphatic carbocycles. The molecule has 4 heteroatoms. The third kappa shape index (κ3) is 2.52. The van der Waals surface area contributed by atoms with E-state index in [2.05, 4.69) is 0 Å². The van der Waals surface area contributed by atoms with Crippen LogP contribution in [0.2, 0.25) is 0 Å². The molecule has 0 amide bonds. The number of carbonyl (C=O) groups is 1. The highest BCUT2D eigenvalue weighted by molar-refractivity contribution is 5.98. The molecule has 0 N–H and O–H groups in total. The number of carbonyl (C=O) groups excluding carboxylic acids is 1. The van der Waals surface area contributed by atoms with Crippen LogP contribution in [0.3, 0.4) is 0 Å². The van der Waals surface area contributed by atoms with Gasteiger partial charge in [0.05, 0.1) is 18.4 Å². The van der Waals surface area contributed by atoms with Crippen LogP contribution >= 0.6 is 0 Å². The first kappa shape index (κ1) is 15.0. The topological polar surface area (TPSA) is 31.2 Å². The third-order valence-electron chi connectivity index (χ3n) is 3.79. The van der Waals surface area contributed by atoms with Crippen molar-refractivity contribution in [1.29, 1.82) is 0 Å². The Hall–Kier alpha value is -2.88. The Morgan fingerprint density at radius 2 is 1.57 bits per heavy atom. The number of hydrogen-bond acceptors (Lipinski definition) is 2. The highest BCUT2D eigenvalue weighted by atomic mass is 19.1. The molecule has 1 aromatic heterocycles. The van der Waals surface area contributed by atoms with Crippen molar-refractivity contribution in [2.45, 2.75) is 6.92 Å². The molecule has 0 aliphatic heterocycles. The summed E-state index contributed by atoms with van der Waals surface area (Å²) in [7, 11) is 1.30. The quantitative estimate of drug-likeness (QED) is 0.672. The highest BCUT2D eigenvalue weighted by Gasteiger charge is 2.27. The van der Waals surface area contributed by atoms with E-state index in [-0.39, 0.29) is 11.1 Å². The summed E-state index contributed by atoms with van der Waals surface area (Å²) in [5, 5.41) is 0. The van der Waals surface area contributed by atoms with Crippen LogP contribution in [-0.2, 0) is 4.74 Å². The summed E-state index contributed by atoms with van der Waals surface area (Å²) >= 11 is 0. The number of ether oxygens (including phenoxy) is 1. The van der Waals surface area contributed by atoms with Crippen LogP contribution in [0.5, 0.6) is 0 Å². The summed E-state index contributed by atoms with van der Waals surface area (Å²) in [5.74, 6) is -1.01. The molecular weight excluding hydrogens is 293 g/mol. The largest absolute Gasteiger partial charge is 0.465 e. The number of aromatic nitrogens is 1. The van der Waals surface area contributed by atoms with Crippen LogP contribution in [0.25, 0.3) is 16.9 Å². The molecule has 3 nitrogen and oxygen atoms in total. The lowest BCUT2D eigenvalue weighted by atomic mass is 10.1. The van der Waals surface area contributed by atoms with Gasteiger partial charge < -0.3 is 4.74 Å². The average Bonchev–Trinajstić information content (AvgIpc) is 2.87. The maximum atomic E-state index is 14.9. The van der Waals surface area contributed by atoms with Gasteiger partial charge in [-0.2, -0.15) is 4.39 Å². The maximum absolute atomic E-state index is 14.9. The van der Waals surface area contributed by atoms with Gasteiger partial charge in [0.1, 0.15) is 0 Å². The number of rotatable bonds is 3. The molecule has 0 atom stereocenters. The molecule has 2 aromatic carbocycles. The third-order valence-corrected chi connectivity index (χ3v) is 3.79. The monoisotopic (exact) mass is 309 g/mol. The van der Waals surface area contributed by atoms with Gasteiger partial charge in [-0.3, -0.25) is 4.57 Å². The normalized spacial score (nSPS) is 10.6. The van der Waals surface area contributed by atoms with Gasteiger partial charge >= 0.3 is 5.97 Å². The van der Waals surface area contributed by atoms with E-state index < -0.39 is 11.9 Å². The van der Waals surface area contributed by atoms with E-state index in [0.717, 1.165) is 5.56 Å². The van der Waals surface area contributed by atoms with Gasteiger partial charge in [-0.25, -0.2) is 4.79 Å². The van der Waals surface area contributed by atoms with Gasteiger partial charge in [0.25, 0.3) is 0 Å². The Morgan fingerprint density at radius 3 is 2.13 bits per heavy atom. The minimum absolute atomic E-state index is 0.250. The molecule has 23 heavy (non-hydrogen) atoms. The Kier molecular flexibility index (Phi) is 3.98. The molecule has 0 aliphatic rings. The van der Waals surface area contributed by atoms with E-state index in [9.17, 15) is 9.18 Å². The van der Waals surface area contributed by atoms with Gasteiger partial charge in [0.15, 0.2) is 0 Å². The predicted octanol–water partition coefficient (Wildman–Crippen LogP) is 4.38. The first-order chi connectivity index (χ1) is 11.1. The van der Waals surface area contributed by atoms with Gasteiger partial charge in [-0.05, 0) is 24.6 Å². The van der Waals surface area contributed by atoms with E-state index in [1.54, 1.807) is 19.1 Å². The van der Waals surface area contributed by atoms with Gasteiger partial charge in [-0.15, -0.1) is 0 Å². The van der Waals surface area contributed by atoms with Crippen LogP contribution < -0.4 is 0 Å². The summed E-state index contributed by atoms with van der Waals surface area (Å²) in [5.41, 5.74) is 2.43. The van der Waals surface area contributed by atoms with E-state index in [1.165, 1.54) is 11.7 Å². The van der Waals surface area contributed by atoms with E-state index in [1.807, 2.05) is 48.5 Å². The Balaban J connectivity index is 2.38. The highest BCUT2D eigenvalue weighted by Crippen LogP contribution is 2.33. The summed E-state index contributed by atoms with van der Waals surface area (Å²) in [6, 6.07) is 18.4. The average molecular weight is 309 g/mol. The number of halogens is 1. The van der Waals surface area contributed by atoms with Crippen LogP contribution in [-0.4, -0.2) is 17.6 Å². The molecule has 0 spiro atoms. The van der Waals surface area contributed by atoms with Gasteiger partial charge in [-0.1, -0.05) is 48.5 Å². The summed E-state index contributed by atoms with van der Waals surface area (Å²) < 4.78 is 21.2. The number of nitrogens with zero attached hydrogens (tertiary/aromatic N) is 1. The lowest BCUT2D eigenvalue weighted by Crippen LogP contribution is -2.05. The fraction of sp³-hybridized carbons (Fsp3) is 0.105. The first-order valence-corrected chi connectivity index (χ1v) is 7.25. The van der Waals surface area contributed by atoms with Crippen molar-refractivity contribution in [1.82, 2.24) is 4.57 Å². The van der Waals surface area contributed by atoms with Crippen molar-refractivity contribution in [3.63, 3.8) is 0 Å². The molecule has 0 fully saturated rings. The summed E-state index contributed by atoms with van der Waals surface area (Å²) in [4.78, 5) is 12.2. The first-order valence-electron chi connectivity index (χ1n) is 7.25. The number of benzene rings is 2. The Bertz CT molecular complexity index is 839. The van der Waals surface area contributed by atoms with Crippen molar-refractivity contribution >= 4 is 5.97 Å². The summed E-state index contributed by atoms with van der Waals surface area (Å²) in [6.07, 6.45) is 0. The van der Waals surface area contributed by atoms with E-state index in [0.29, 0.717) is 11.4 Å². The van der Waals surface area contributed by atoms with Crippen LogP contribution in [0.4, 0.5) is 4.39 Å². The van der Waals surface area contributed by atoms with Crippen molar-refractivity contribution in [2.24, 2.45) is 0 Å². The molecule has 3 rings (SSSR count). The van der Waals surface area contributed by atoms with E-state index in [4.69, 9.17) is 4.74 Å². The fourth-order valence-corrected chi connectivity index (χ4v) is 2.70. The maximum Gasteiger partial charge on any atom is 0.340 e. The van der Waals surface area contributed by atoms with Crippen LogP contribution in [0, 0.1) is 12.9 Å². The van der Waals surface area contributed by atoms with Crippen molar-refractivity contribution in [2.75, 3.05) is 7.11 Å².